The molecule has 15 heavy (non-hydrogen) atoms. The summed E-state index contributed by atoms with van der Waals surface area (Å²) < 4.78 is 1.01. The molecule has 0 spiro atoms. The average molecular weight is 272 g/mol. The van der Waals surface area contributed by atoms with Crippen molar-refractivity contribution in [3.05, 3.63) is 27.7 Å². The average Bonchev–Trinajstić information content (AvgIpc) is 2.10. The largest absolute Gasteiger partial charge is 0.480 e. The van der Waals surface area contributed by atoms with Crippen LogP contribution in [0.4, 0.5) is 5.69 Å². The molecule has 1 aromatic rings. The number of halogens is 1. The quantitative estimate of drug-likeness (QED) is 0.889. The monoisotopic (exact) mass is 271 g/mol. The van der Waals surface area contributed by atoms with E-state index in [-0.39, 0.29) is 0 Å². The molecule has 0 radical (unpaired) electrons. The molecule has 0 aliphatic carbocycles. The molecule has 0 amide bonds. The van der Waals surface area contributed by atoms with Gasteiger partial charge in [-0.3, -0.25) is 4.79 Å². The molecule has 0 saturated carbocycles. The van der Waals surface area contributed by atoms with Crippen molar-refractivity contribution in [2.24, 2.45) is 0 Å². The van der Waals surface area contributed by atoms with Gasteiger partial charge in [0.05, 0.1) is 0 Å². The predicted octanol–water partition coefficient (Wildman–Crippen LogP) is 2.95. The number of carbonyl (C=O) groups is 1. The third kappa shape index (κ3) is 2.96. The fourth-order valence-electron chi connectivity index (χ4n) is 1.42. The maximum Gasteiger partial charge on any atom is 0.325 e. The van der Waals surface area contributed by atoms with Crippen molar-refractivity contribution < 1.29 is 9.90 Å². The van der Waals surface area contributed by atoms with Crippen LogP contribution in [0.25, 0.3) is 0 Å². The number of aryl methyl sites for hydroxylation is 2. The van der Waals surface area contributed by atoms with Crippen molar-refractivity contribution in [3.8, 4) is 0 Å². The van der Waals surface area contributed by atoms with Crippen LogP contribution >= 0.6 is 15.9 Å². The summed E-state index contributed by atoms with van der Waals surface area (Å²) in [4.78, 5) is 10.7. The fourth-order valence-corrected chi connectivity index (χ4v) is 2.10. The van der Waals surface area contributed by atoms with Crippen LogP contribution in [0.2, 0.25) is 0 Å². The highest BCUT2D eigenvalue weighted by molar-refractivity contribution is 9.10. The number of rotatable bonds is 3. The highest BCUT2D eigenvalue weighted by Gasteiger charge is 2.13. The standard InChI is InChI=1S/C11H14BrNO2/c1-6-4-9(12)5-7(2)10(6)13-8(3)11(14)15/h4-5,8,13H,1-3H3,(H,14,15). The van der Waals surface area contributed by atoms with Crippen molar-refractivity contribution in [2.45, 2.75) is 26.8 Å². The number of carboxylic acid groups (broad SMARTS) is 1. The molecule has 2 N–H and O–H groups in total. The molecule has 82 valence electrons. The minimum absolute atomic E-state index is 0.580. The van der Waals surface area contributed by atoms with Crippen LogP contribution < -0.4 is 5.32 Å². The first-order chi connectivity index (χ1) is 6.91. The van der Waals surface area contributed by atoms with E-state index in [0.717, 1.165) is 21.3 Å². The first-order valence-corrected chi connectivity index (χ1v) is 5.47. The zero-order valence-corrected chi connectivity index (χ0v) is 10.6. The fraction of sp³-hybridized carbons (Fsp3) is 0.364. The third-order valence-corrected chi connectivity index (χ3v) is 2.69. The molecule has 0 bridgehead atoms. The van der Waals surface area contributed by atoms with Crippen LogP contribution in [0.15, 0.2) is 16.6 Å². The minimum Gasteiger partial charge on any atom is -0.480 e. The minimum atomic E-state index is -0.850. The summed E-state index contributed by atoms with van der Waals surface area (Å²) in [5, 5.41) is 11.8. The molecule has 1 aromatic carbocycles. The van der Waals surface area contributed by atoms with Gasteiger partial charge in [-0.25, -0.2) is 0 Å². The Morgan fingerprint density at radius 2 is 1.87 bits per heavy atom. The molecular weight excluding hydrogens is 258 g/mol. The number of anilines is 1. The van der Waals surface area contributed by atoms with E-state index in [1.807, 2.05) is 26.0 Å². The van der Waals surface area contributed by atoms with Gasteiger partial charge in [0, 0.05) is 10.2 Å². The predicted molar refractivity (Wildman–Crippen MR) is 64.3 cm³/mol. The molecule has 1 atom stereocenters. The molecule has 0 fully saturated rings. The lowest BCUT2D eigenvalue weighted by Crippen LogP contribution is -2.26. The zero-order valence-electron chi connectivity index (χ0n) is 8.97. The lowest BCUT2D eigenvalue weighted by molar-refractivity contribution is -0.137. The Morgan fingerprint density at radius 3 is 2.27 bits per heavy atom. The molecular formula is C11H14BrNO2. The summed E-state index contributed by atoms with van der Waals surface area (Å²) >= 11 is 3.40. The van der Waals surface area contributed by atoms with Crippen molar-refractivity contribution in [2.75, 3.05) is 5.32 Å². The summed E-state index contributed by atoms with van der Waals surface area (Å²) in [6.45, 7) is 5.53. The summed E-state index contributed by atoms with van der Waals surface area (Å²) in [6, 6.07) is 3.34. The van der Waals surface area contributed by atoms with Crippen LogP contribution in [0.5, 0.6) is 0 Å². The number of carboxylic acids is 1. The second kappa shape index (κ2) is 4.66. The van der Waals surface area contributed by atoms with Gasteiger partial charge in [-0.1, -0.05) is 15.9 Å². The van der Waals surface area contributed by atoms with E-state index in [0.29, 0.717) is 0 Å². The maximum atomic E-state index is 10.7. The van der Waals surface area contributed by atoms with Crippen molar-refractivity contribution in [3.63, 3.8) is 0 Å². The molecule has 0 aliphatic rings. The van der Waals surface area contributed by atoms with Crippen molar-refractivity contribution in [1.82, 2.24) is 0 Å². The van der Waals surface area contributed by atoms with Crippen molar-refractivity contribution >= 4 is 27.6 Å². The van der Waals surface area contributed by atoms with E-state index in [1.54, 1.807) is 6.92 Å². The Morgan fingerprint density at radius 1 is 1.40 bits per heavy atom. The Balaban J connectivity index is 3.00. The van der Waals surface area contributed by atoms with E-state index in [2.05, 4.69) is 21.2 Å². The van der Waals surface area contributed by atoms with Gasteiger partial charge in [0.1, 0.15) is 6.04 Å². The van der Waals surface area contributed by atoms with E-state index >= 15 is 0 Å². The third-order valence-electron chi connectivity index (χ3n) is 2.23. The van der Waals surface area contributed by atoms with Gasteiger partial charge in [-0.15, -0.1) is 0 Å². The molecule has 0 aromatic heterocycles. The summed E-state index contributed by atoms with van der Waals surface area (Å²) in [5.74, 6) is -0.850. The Kier molecular flexibility index (Phi) is 3.74. The van der Waals surface area contributed by atoms with E-state index in [1.165, 1.54) is 0 Å². The number of aliphatic carboxylic acids is 1. The molecule has 0 saturated heterocycles. The summed E-state index contributed by atoms with van der Waals surface area (Å²) in [7, 11) is 0. The highest BCUT2D eigenvalue weighted by Crippen LogP contribution is 2.25. The Hall–Kier alpha value is -1.03. The number of hydrogen-bond acceptors (Lipinski definition) is 2. The first kappa shape index (κ1) is 12.0. The van der Waals surface area contributed by atoms with Gasteiger partial charge in [-0.05, 0) is 44.0 Å². The molecule has 1 unspecified atom stereocenters. The normalized spacial score (nSPS) is 12.3. The topological polar surface area (TPSA) is 49.3 Å². The van der Waals surface area contributed by atoms with Gasteiger partial charge >= 0.3 is 5.97 Å². The second-order valence-electron chi connectivity index (χ2n) is 3.62. The first-order valence-electron chi connectivity index (χ1n) is 4.68. The van der Waals surface area contributed by atoms with Gasteiger partial charge < -0.3 is 10.4 Å². The van der Waals surface area contributed by atoms with Crippen LogP contribution in [-0.2, 0) is 4.79 Å². The summed E-state index contributed by atoms with van der Waals surface area (Å²) in [6.07, 6.45) is 0. The summed E-state index contributed by atoms with van der Waals surface area (Å²) in [5.41, 5.74) is 2.97. The van der Waals surface area contributed by atoms with E-state index in [9.17, 15) is 4.79 Å². The Labute approximate surface area is 97.6 Å². The van der Waals surface area contributed by atoms with Gasteiger partial charge in [0.2, 0.25) is 0 Å². The molecule has 1 rings (SSSR count). The van der Waals surface area contributed by atoms with Crippen LogP contribution in [0.3, 0.4) is 0 Å². The highest BCUT2D eigenvalue weighted by atomic mass is 79.9. The molecule has 3 nitrogen and oxygen atoms in total. The number of benzene rings is 1. The van der Waals surface area contributed by atoms with E-state index in [4.69, 9.17) is 5.11 Å². The van der Waals surface area contributed by atoms with Crippen LogP contribution in [0.1, 0.15) is 18.1 Å². The smallest absolute Gasteiger partial charge is 0.325 e. The molecule has 0 heterocycles. The van der Waals surface area contributed by atoms with Crippen molar-refractivity contribution in [1.29, 1.82) is 0 Å². The number of hydrogen-bond donors (Lipinski definition) is 2. The Bertz CT molecular complexity index is 367. The lowest BCUT2D eigenvalue weighted by Gasteiger charge is -2.16. The van der Waals surface area contributed by atoms with Gasteiger partial charge in [0.15, 0.2) is 0 Å². The van der Waals surface area contributed by atoms with Crippen LogP contribution in [-0.4, -0.2) is 17.1 Å². The van der Waals surface area contributed by atoms with E-state index < -0.39 is 12.0 Å². The number of nitrogens with one attached hydrogen (secondary N) is 1. The molecule has 0 aliphatic heterocycles. The van der Waals surface area contributed by atoms with Gasteiger partial charge in [-0.2, -0.15) is 0 Å². The van der Waals surface area contributed by atoms with Crippen LogP contribution in [0, 0.1) is 13.8 Å². The lowest BCUT2D eigenvalue weighted by atomic mass is 10.1. The zero-order chi connectivity index (χ0) is 11.6. The SMILES string of the molecule is Cc1cc(Br)cc(C)c1NC(C)C(=O)O. The van der Waals surface area contributed by atoms with Gasteiger partial charge in [0.25, 0.3) is 0 Å². The maximum absolute atomic E-state index is 10.7. The second-order valence-corrected chi connectivity index (χ2v) is 4.53. The molecule has 4 heteroatoms.